The molecule has 0 spiro atoms. The third-order valence-corrected chi connectivity index (χ3v) is 4.10. The van der Waals surface area contributed by atoms with Crippen molar-refractivity contribution in [2.45, 2.75) is 19.4 Å². The molecule has 1 aliphatic heterocycles. The first kappa shape index (κ1) is 33.7. The van der Waals surface area contributed by atoms with Crippen LogP contribution in [0.3, 0.4) is 0 Å². The van der Waals surface area contributed by atoms with Gasteiger partial charge in [0.05, 0.1) is 0 Å². The maximum absolute atomic E-state index is 10.7. The summed E-state index contributed by atoms with van der Waals surface area (Å²) in [6, 6.07) is 0. The van der Waals surface area contributed by atoms with Gasteiger partial charge >= 0.3 is 5.82 Å². The fourth-order valence-electron chi connectivity index (χ4n) is 2.71. The summed E-state index contributed by atoms with van der Waals surface area (Å²) >= 11 is 0. The first-order valence-electron chi connectivity index (χ1n) is 9.47. The smallest absolute Gasteiger partial charge is 0.381 e. The van der Waals surface area contributed by atoms with Crippen LogP contribution in [0.25, 0.3) is 0 Å². The fraction of sp³-hybridized carbons (Fsp3) is 0.667. The number of carbonyl (C=O) groups excluding carboxylic acids is 3. The topological polar surface area (TPSA) is 152 Å². The van der Waals surface area contributed by atoms with Gasteiger partial charge in [-0.1, -0.05) is 0 Å². The second kappa shape index (κ2) is 26.1. The Morgan fingerprint density at radius 3 is 1.97 bits per heavy atom. The second-order valence-corrected chi connectivity index (χ2v) is 6.03. The van der Waals surface area contributed by atoms with Crippen LogP contribution in [0.1, 0.15) is 12.8 Å². The minimum atomic E-state index is -0.456. The molecule has 2 heterocycles. The van der Waals surface area contributed by atoms with E-state index in [4.69, 9.17) is 14.4 Å². The molecule has 1 saturated heterocycles. The van der Waals surface area contributed by atoms with E-state index in [-0.39, 0.29) is 25.9 Å². The van der Waals surface area contributed by atoms with Gasteiger partial charge in [0.1, 0.15) is 6.20 Å². The van der Waals surface area contributed by atoms with Gasteiger partial charge in [-0.05, 0) is 48.9 Å². The van der Waals surface area contributed by atoms with Crippen molar-refractivity contribution in [3.63, 3.8) is 0 Å². The van der Waals surface area contributed by atoms with Gasteiger partial charge in [-0.25, -0.2) is 0 Å². The number of nitro groups is 1. The number of hydrogen-bond donors (Lipinski definition) is 3. The van der Waals surface area contributed by atoms with E-state index in [0.717, 1.165) is 78.3 Å². The van der Waals surface area contributed by atoms with E-state index in [2.05, 4.69) is 46.2 Å². The van der Waals surface area contributed by atoms with Crippen molar-refractivity contribution in [3.8, 4) is 0 Å². The van der Waals surface area contributed by atoms with Gasteiger partial charge in [0.2, 0.25) is 6.33 Å². The van der Waals surface area contributed by atoms with E-state index in [0.29, 0.717) is 0 Å². The van der Waals surface area contributed by atoms with E-state index in [1.807, 2.05) is 0 Å². The molecule has 0 aliphatic carbocycles. The molecule has 12 nitrogen and oxygen atoms in total. The van der Waals surface area contributed by atoms with Crippen molar-refractivity contribution < 1.29 is 39.4 Å². The standard InChI is InChI=1S/C15H29N7O2.3CHO.Tc/c23-22(24)15-13-21(14-19-15)12-11-20-9-2-5-17-7-6-16-3-1-4-18-8-10-20;3*1-2;/h13-14,16-18H,1-12H2;3*1H;/q;3*-1;/i;;;;1+1. The van der Waals surface area contributed by atoms with E-state index in [9.17, 15) is 10.1 Å². The number of hydrogen-bond acceptors (Lipinski definition) is 10. The van der Waals surface area contributed by atoms with Gasteiger partial charge in [0.15, 0.2) is 0 Å². The molecule has 0 unspecified atom stereocenters. The van der Waals surface area contributed by atoms with Crippen molar-refractivity contribution >= 4 is 26.2 Å². The van der Waals surface area contributed by atoms with Crippen LogP contribution in [-0.4, -0.2) is 98.6 Å². The fourth-order valence-corrected chi connectivity index (χ4v) is 2.71. The Morgan fingerprint density at radius 2 is 1.42 bits per heavy atom. The van der Waals surface area contributed by atoms with Crippen molar-refractivity contribution in [2.75, 3.05) is 58.9 Å². The van der Waals surface area contributed by atoms with Crippen LogP contribution in [0.5, 0.6) is 0 Å². The Bertz CT molecular complexity index is 520. The Labute approximate surface area is 197 Å². The zero-order valence-electron chi connectivity index (χ0n) is 17.6. The van der Waals surface area contributed by atoms with E-state index < -0.39 is 4.92 Å². The maximum atomic E-state index is 10.7. The number of nitrogens with zero attached hydrogens (tertiary/aromatic N) is 4. The molecule has 0 aromatic carbocycles. The second-order valence-electron chi connectivity index (χ2n) is 6.03. The molecule has 1 aromatic rings. The predicted molar refractivity (Wildman–Crippen MR) is 113 cm³/mol. The van der Waals surface area contributed by atoms with Crippen molar-refractivity contribution in [1.82, 2.24) is 30.4 Å². The zero-order chi connectivity index (χ0) is 23.0. The van der Waals surface area contributed by atoms with Crippen molar-refractivity contribution in [3.05, 3.63) is 22.6 Å². The van der Waals surface area contributed by atoms with Crippen LogP contribution >= 0.6 is 0 Å². The Kier molecular flexibility index (Phi) is 28.5. The SMILES string of the molecule is O=[N+]([O-])c1cn(CCN2CCCNCCNCCCNCC2)cn1.[99Tc].[CH-]=O.[CH-]=O.[CH-]=O. The summed E-state index contributed by atoms with van der Waals surface area (Å²) in [6.45, 7) is 19.5. The summed E-state index contributed by atoms with van der Waals surface area (Å²) in [5, 5.41) is 21.0. The molecular formula is C18H32N7O5Tc-3. The molecule has 3 N–H and O–H groups in total. The number of aromatic nitrogens is 2. The van der Waals surface area contributed by atoms with E-state index in [1.54, 1.807) is 4.57 Å². The third kappa shape index (κ3) is 18.6. The molecule has 0 bridgehead atoms. The average Bonchev–Trinajstić information content (AvgIpc) is 3.28. The monoisotopic (exact) mass is 525 g/mol. The summed E-state index contributed by atoms with van der Waals surface area (Å²) < 4.78 is 1.79. The molecule has 1 aliphatic rings. The minimum absolute atomic E-state index is 0. The van der Waals surface area contributed by atoms with Gasteiger partial charge in [-0.15, -0.1) is 0 Å². The largest absolute Gasteiger partial charge is 0.545 e. The summed E-state index contributed by atoms with van der Waals surface area (Å²) in [6.07, 6.45) is 5.27. The van der Waals surface area contributed by atoms with Gasteiger partial charge in [-0.3, -0.25) is 20.4 Å². The zero-order valence-corrected chi connectivity index (χ0v) is 19.4. The minimum Gasteiger partial charge on any atom is -0.545 e. The molecular weight excluding hydrogens is 493 g/mol. The summed E-state index contributed by atoms with van der Waals surface area (Å²) in [5.74, 6) is -0.0875. The van der Waals surface area contributed by atoms with E-state index >= 15 is 0 Å². The molecule has 0 atom stereocenters. The predicted octanol–water partition coefficient (Wildman–Crippen LogP) is -1.17. The number of imidazole rings is 1. The van der Waals surface area contributed by atoms with Crippen LogP contribution < -0.4 is 16.0 Å². The molecule has 1 fully saturated rings. The number of nitrogens with one attached hydrogen (secondary N) is 3. The summed E-state index contributed by atoms with van der Waals surface area (Å²) in [7, 11) is 0. The van der Waals surface area contributed by atoms with Crippen molar-refractivity contribution in [1.29, 1.82) is 0 Å². The molecule has 13 heteroatoms. The molecule has 0 amide bonds. The summed E-state index contributed by atoms with van der Waals surface area (Å²) in [4.78, 5) is 39.7. The van der Waals surface area contributed by atoms with E-state index in [1.165, 1.54) is 12.5 Å². The van der Waals surface area contributed by atoms with Crippen LogP contribution in [0, 0.1) is 10.1 Å². The quantitative estimate of drug-likeness (QED) is 0.190. The van der Waals surface area contributed by atoms with Crippen molar-refractivity contribution in [2.24, 2.45) is 0 Å². The molecule has 0 saturated carbocycles. The van der Waals surface area contributed by atoms with Crippen LogP contribution in [0.4, 0.5) is 5.82 Å². The van der Waals surface area contributed by atoms with Gasteiger partial charge < -0.3 is 49.9 Å². The Hall–Kier alpha value is -1.89. The van der Waals surface area contributed by atoms with Crippen LogP contribution in [0.2, 0.25) is 0 Å². The van der Waals surface area contributed by atoms with Gasteiger partial charge in [0, 0.05) is 59.4 Å². The van der Waals surface area contributed by atoms with Gasteiger partial charge in [0.25, 0.3) is 0 Å². The number of rotatable bonds is 4. The maximum Gasteiger partial charge on any atom is 0.381 e. The van der Waals surface area contributed by atoms with Gasteiger partial charge in [-0.2, -0.15) is 0 Å². The molecule has 1 aromatic heterocycles. The molecule has 179 valence electrons. The first-order chi connectivity index (χ1) is 14.8. The van der Waals surface area contributed by atoms with Crippen LogP contribution in [0.15, 0.2) is 12.5 Å². The third-order valence-electron chi connectivity index (χ3n) is 4.10. The average molecular weight is 525 g/mol. The molecule has 2 rings (SSSR count). The normalized spacial score (nSPS) is 15.6. The Morgan fingerprint density at radius 1 is 0.871 bits per heavy atom. The first-order valence-corrected chi connectivity index (χ1v) is 9.47. The van der Waals surface area contributed by atoms with Crippen LogP contribution in [-0.2, 0) is 41.0 Å². The Balaban J connectivity index is -0.00000103. The molecule has 31 heavy (non-hydrogen) atoms. The summed E-state index contributed by atoms with van der Waals surface area (Å²) in [5.41, 5.74) is 0. The molecule has 1 radical (unpaired) electrons.